The second-order valence-corrected chi connectivity index (χ2v) is 5.91. The first kappa shape index (κ1) is 15.6. The standard InChI is InChI=1S/C16H14ClNO2S/c1-11(19)12-5-7-15(8-6-12)21-10-16(20)18-14-4-2-3-13(17)9-14/h2-9H,10H2,1H3,(H,18,20). The largest absolute Gasteiger partial charge is 0.325 e. The molecule has 0 fully saturated rings. The van der Waals surface area contributed by atoms with Crippen molar-refractivity contribution in [1.82, 2.24) is 0 Å². The van der Waals surface area contributed by atoms with Gasteiger partial charge in [-0.05, 0) is 37.3 Å². The van der Waals surface area contributed by atoms with Gasteiger partial charge in [0.1, 0.15) is 0 Å². The van der Waals surface area contributed by atoms with E-state index < -0.39 is 0 Å². The molecule has 0 aliphatic rings. The number of carbonyl (C=O) groups is 2. The minimum atomic E-state index is -0.0992. The Morgan fingerprint density at radius 1 is 1.14 bits per heavy atom. The van der Waals surface area contributed by atoms with Crippen molar-refractivity contribution in [2.24, 2.45) is 0 Å². The highest BCUT2D eigenvalue weighted by atomic mass is 35.5. The van der Waals surface area contributed by atoms with Crippen LogP contribution in [0.5, 0.6) is 0 Å². The summed E-state index contributed by atoms with van der Waals surface area (Å²) in [5.41, 5.74) is 1.35. The van der Waals surface area contributed by atoms with E-state index in [0.29, 0.717) is 22.0 Å². The molecule has 0 spiro atoms. The molecule has 0 saturated heterocycles. The number of rotatable bonds is 5. The van der Waals surface area contributed by atoms with Gasteiger partial charge in [0.15, 0.2) is 5.78 Å². The van der Waals surface area contributed by atoms with Gasteiger partial charge >= 0.3 is 0 Å². The fourth-order valence-electron chi connectivity index (χ4n) is 1.70. The van der Waals surface area contributed by atoms with Crippen LogP contribution in [-0.4, -0.2) is 17.4 Å². The fourth-order valence-corrected chi connectivity index (χ4v) is 2.59. The molecule has 0 radical (unpaired) electrons. The number of thioether (sulfide) groups is 1. The number of anilines is 1. The van der Waals surface area contributed by atoms with Gasteiger partial charge in [-0.15, -0.1) is 11.8 Å². The first-order valence-electron chi connectivity index (χ1n) is 6.34. The van der Waals surface area contributed by atoms with Crippen LogP contribution < -0.4 is 5.32 Å². The number of hydrogen-bond donors (Lipinski definition) is 1. The summed E-state index contributed by atoms with van der Waals surface area (Å²) in [6.45, 7) is 1.53. The van der Waals surface area contributed by atoms with Gasteiger partial charge in [0, 0.05) is 21.2 Å². The molecule has 2 aromatic rings. The Kier molecular flexibility index (Phi) is 5.42. The van der Waals surface area contributed by atoms with Gasteiger partial charge in [-0.1, -0.05) is 29.8 Å². The van der Waals surface area contributed by atoms with Gasteiger partial charge < -0.3 is 5.32 Å². The smallest absolute Gasteiger partial charge is 0.234 e. The van der Waals surface area contributed by atoms with E-state index in [1.807, 2.05) is 12.1 Å². The van der Waals surface area contributed by atoms with Crippen molar-refractivity contribution in [3.8, 4) is 0 Å². The van der Waals surface area contributed by atoms with Gasteiger partial charge in [0.25, 0.3) is 0 Å². The summed E-state index contributed by atoms with van der Waals surface area (Å²) in [4.78, 5) is 24.0. The lowest BCUT2D eigenvalue weighted by molar-refractivity contribution is -0.113. The maximum Gasteiger partial charge on any atom is 0.234 e. The predicted molar refractivity (Wildman–Crippen MR) is 87.3 cm³/mol. The highest BCUT2D eigenvalue weighted by molar-refractivity contribution is 8.00. The van der Waals surface area contributed by atoms with Gasteiger partial charge in [-0.25, -0.2) is 0 Å². The molecular weight excluding hydrogens is 306 g/mol. The minimum absolute atomic E-state index is 0.0326. The van der Waals surface area contributed by atoms with E-state index in [4.69, 9.17) is 11.6 Å². The Labute approximate surface area is 132 Å². The molecular formula is C16H14ClNO2S. The predicted octanol–water partition coefficient (Wildman–Crippen LogP) is 4.27. The molecule has 1 amide bonds. The lowest BCUT2D eigenvalue weighted by Gasteiger charge is -2.06. The number of carbonyl (C=O) groups excluding carboxylic acids is 2. The molecule has 0 heterocycles. The molecule has 0 bridgehead atoms. The number of benzene rings is 2. The van der Waals surface area contributed by atoms with Crippen molar-refractivity contribution in [3.63, 3.8) is 0 Å². The van der Waals surface area contributed by atoms with Crippen LogP contribution in [-0.2, 0) is 4.79 Å². The number of ketones is 1. The van der Waals surface area contributed by atoms with E-state index >= 15 is 0 Å². The van der Waals surface area contributed by atoms with Crippen molar-refractivity contribution < 1.29 is 9.59 Å². The Morgan fingerprint density at radius 2 is 1.86 bits per heavy atom. The van der Waals surface area contributed by atoms with Crippen LogP contribution in [0.3, 0.4) is 0 Å². The number of nitrogens with one attached hydrogen (secondary N) is 1. The Hall–Kier alpha value is -1.78. The third kappa shape index (κ3) is 4.92. The normalized spacial score (nSPS) is 10.2. The monoisotopic (exact) mass is 319 g/mol. The van der Waals surface area contributed by atoms with Crippen LogP contribution in [0.25, 0.3) is 0 Å². The Bertz CT molecular complexity index is 656. The third-order valence-corrected chi connectivity index (χ3v) is 3.99. The van der Waals surface area contributed by atoms with Crippen molar-refractivity contribution in [3.05, 3.63) is 59.1 Å². The molecule has 5 heteroatoms. The summed E-state index contributed by atoms with van der Waals surface area (Å²) in [6.07, 6.45) is 0. The van der Waals surface area contributed by atoms with Gasteiger partial charge in [0.05, 0.1) is 5.75 Å². The van der Waals surface area contributed by atoms with Crippen molar-refractivity contribution in [2.45, 2.75) is 11.8 Å². The molecule has 0 atom stereocenters. The van der Waals surface area contributed by atoms with Crippen molar-refractivity contribution >= 4 is 40.7 Å². The first-order chi connectivity index (χ1) is 10.0. The molecule has 0 unspecified atom stereocenters. The minimum Gasteiger partial charge on any atom is -0.325 e. The van der Waals surface area contributed by atoms with Gasteiger partial charge in [-0.2, -0.15) is 0 Å². The van der Waals surface area contributed by atoms with Crippen LogP contribution in [0, 0.1) is 0 Å². The quantitative estimate of drug-likeness (QED) is 0.661. The highest BCUT2D eigenvalue weighted by Crippen LogP contribution is 2.20. The van der Waals surface area contributed by atoms with E-state index in [-0.39, 0.29) is 11.7 Å². The summed E-state index contributed by atoms with van der Waals surface area (Å²) in [7, 11) is 0. The molecule has 2 rings (SSSR count). The summed E-state index contributed by atoms with van der Waals surface area (Å²) >= 11 is 7.27. The maximum absolute atomic E-state index is 11.8. The molecule has 3 nitrogen and oxygen atoms in total. The molecule has 0 aliphatic heterocycles. The molecule has 1 N–H and O–H groups in total. The van der Waals surface area contributed by atoms with E-state index in [2.05, 4.69) is 5.32 Å². The SMILES string of the molecule is CC(=O)c1ccc(SCC(=O)Nc2cccc(Cl)c2)cc1. The number of amides is 1. The van der Waals surface area contributed by atoms with Crippen LogP contribution in [0.15, 0.2) is 53.4 Å². The number of hydrogen-bond acceptors (Lipinski definition) is 3. The van der Waals surface area contributed by atoms with Gasteiger partial charge in [-0.3, -0.25) is 9.59 Å². The van der Waals surface area contributed by atoms with Crippen LogP contribution >= 0.6 is 23.4 Å². The zero-order valence-corrected chi connectivity index (χ0v) is 13.0. The molecule has 0 aromatic heterocycles. The zero-order chi connectivity index (χ0) is 15.2. The molecule has 0 aliphatic carbocycles. The zero-order valence-electron chi connectivity index (χ0n) is 11.4. The molecule has 108 valence electrons. The average molecular weight is 320 g/mol. The van der Waals surface area contributed by atoms with Crippen LogP contribution in [0.2, 0.25) is 5.02 Å². The second kappa shape index (κ2) is 7.29. The van der Waals surface area contributed by atoms with Crippen LogP contribution in [0.4, 0.5) is 5.69 Å². The summed E-state index contributed by atoms with van der Waals surface area (Å²) in [6, 6.07) is 14.2. The topological polar surface area (TPSA) is 46.2 Å². The number of Topliss-reactive ketones (excluding diaryl/α,β-unsaturated/α-hetero) is 1. The van der Waals surface area contributed by atoms with Gasteiger partial charge in [0.2, 0.25) is 5.91 Å². The lowest BCUT2D eigenvalue weighted by atomic mass is 10.2. The van der Waals surface area contributed by atoms with Crippen LogP contribution in [0.1, 0.15) is 17.3 Å². The summed E-state index contributed by atoms with van der Waals surface area (Å²) in [5, 5.41) is 3.37. The molecule has 21 heavy (non-hydrogen) atoms. The second-order valence-electron chi connectivity index (χ2n) is 4.43. The summed E-state index contributed by atoms with van der Waals surface area (Å²) < 4.78 is 0. The average Bonchev–Trinajstić information content (AvgIpc) is 2.45. The fraction of sp³-hybridized carbons (Fsp3) is 0.125. The Morgan fingerprint density at radius 3 is 2.48 bits per heavy atom. The van der Waals surface area contributed by atoms with Crippen molar-refractivity contribution in [1.29, 1.82) is 0 Å². The third-order valence-electron chi connectivity index (χ3n) is 2.74. The maximum atomic E-state index is 11.8. The van der Waals surface area contributed by atoms with E-state index in [1.165, 1.54) is 18.7 Å². The van der Waals surface area contributed by atoms with E-state index in [9.17, 15) is 9.59 Å². The lowest BCUT2D eigenvalue weighted by Crippen LogP contribution is -2.13. The molecule has 0 saturated carbocycles. The highest BCUT2D eigenvalue weighted by Gasteiger charge is 2.05. The molecule has 2 aromatic carbocycles. The summed E-state index contributed by atoms with van der Waals surface area (Å²) in [5.74, 6) is 0.231. The Balaban J connectivity index is 1.87. The first-order valence-corrected chi connectivity index (χ1v) is 7.70. The van der Waals surface area contributed by atoms with Crippen molar-refractivity contribution in [2.75, 3.05) is 11.1 Å². The van der Waals surface area contributed by atoms with E-state index in [1.54, 1.807) is 36.4 Å². The number of halogens is 1. The van der Waals surface area contributed by atoms with E-state index in [0.717, 1.165) is 4.90 Å².